The predicted octanol–water partition coefficient (Wildman–Crippen LogP) is 1.09. The van der Waals surface area contributed by atoms with E-state index in [1.807, 2.05) is 36.4 Å². The van der Waals surface area contributed by atoms with Crippen LogP contribution in [-0.2, 0) is 20.8 Å². The number of benzene rings is 2. The predicted molar refractivity (Wildman–Crippen MR) is 136 cm³/mol. The van der Waals surface area contributed by atoms with Crippen LogP contribution in [0, 0.1) is 5.92 Å². The van der Waals surface area contributed by atoms with Crippen LogP contribution in [0.2, 0.25) is 0 Å². The molecule has 0 unspecified atom stereocenters. The van der Waals surface area contributed by atoms with Gasteiger partial charge in [0, 0.05) is 29.8 Å². The van der Waals surface area contributed by atoms with Gasteiger partial charge in [-0.15, -0.1) is 0 Å². The Morgan fingerprint density at radius 1 is 1.08 bits per heavy atom. The number of carbonyl (C=O) groups excluding carboxylic acids is 4. The lowest BCUT2D eigenvalue weighted by Gasteiger charge is -2.24. The van der Waals surface area contributed by atoms with Gasteiger partial charge in [0.2, 0.25) is 11.8 Å². The fourth-order valence-electron chi connectivity index (χ4n) is 4.53. The summed E-state index contributed by atoms with van der Waals surface area (Å²) in [7, 11) is 1.54. The van der Waals surface area contributed by atoms with Crippen molar-refractivity contribution in [2.24, 2.45) is 5.92 Å². The van der Waals surface area contributed by atoms with Gasteiger partial charge in [0.05, 0.1) is 13.2 Å². The molecular weight excluding hydrogens is 476 g/mol. The molecule has 1 aliphatic heterocycles. The molecule has 3 aromatic rings. The molecule has 10 heteroatoms. The topological polar surface area (TPSA) is 150 Å². The van der Waals surface area contributed by atoms with Crippen molar-refractivity contribution in [2.75, 3.05) is 20.3 Å². The van der Waals surface area contributed by atoms with Crippen LogP contribution in [0.1, 0.15) is 28.9 Å². The molecule has 3 atom stereocenters. The number of methoxy groups -OCH3 is 1. The lowest BCUT2D eigenvalue weighted by Crippen LogP contribution is -2.53. The second-order valence-corrected chi connectivity index (χ2v) is 9.02. The highest BCUT2D eigenvalue weighted by Crippen LogP contribution is 2.26. The Kier molecular flexibility index (Phi) is 8.19. The molecule has 2 heterocycles. The van der Waals surface area contributed by atoms with E-state index < -0.39 is 42.2 Å². The van der Waals surface area contributed by atoms with Crippen molar-refractivity contribution >= 4 is 34.4 Å². The Balaban J connectivity index is 1.55. The lowest BCUT2D eigenvalue weighted by molar-refractivity contribution is -0.131. The van der Waals surface area contributed by atoms with Crippen molar-refractivity contribution in [1.82, 2.24) is 20.9 Å². The molecular formula is C27H30N4O6. The third-order valence-corrected chi connectivity index (χ3v) is 6.54. The zero-order chi connectivity index (χ0) is 26.4. The number of aromatic nitrogens is 1. The number of ether oxygens (including phenoxy) is 1. The fourth-order valence-corrected chi connectivity index (χ4v) is 4.53. The largest absolute Gasteiger partial charge is 0.496 e. The number of aliphatic hydroxyl groups excluding tert-OH is 1. The molecule has 4 rings (SSSR count). The molecule has 3 amide bonds. The number of Topliss-reactive ketones (excluding diaryl/α,β-unsaturated/α-hetero) is 1. The smallest absolute Gasteiger partial charge is 0.268 e. The van der Waals surface area contributed by atoms with E-state index in [0.717, 1.165) is 10.9 Å². The first-order valence-electron chi connectivity index (χ1n) is 12.1. The molecule has 10 nitrogen and oxygen atoms in total. The number of H-pyrrole nitrogens is 1. The molecule has 37 heavy (non-hydrogen) atoms. The number of hydrogen-bond acceptors (Lipinski definition) is 6. The summed E-state index contributed by atoms with van der Waals surface area (Å²) in [6, 6.07) is 14.1. The lowest BCUT2D eigenvalue weighted by atomic mass is 9.95. The maximum atomic E-state index is 13.4. The minimum atomic E-state index is -1.06. The summed E-state index contributed by atoms with van der Waals surface area (Å²) in [6.07, 6.45) is 0.786. The van der Waals surface area contributed by atoms with E-state index in [9.17, 15) is 24.3 Å². The number of aromatic amines is 1. The molecule has 0 aliphatic carbocycles. The van der Waals surface area contributed by atoms with Crippen molar-refractivity contribution in [3.8, 4) is 5.75 Å². The number of aliphatic hydroxyl groups is 1. The normalized spacial score (nSPS) is 16.6. The number of fused-ring (bicyclic) bond motifs is 1. The van der Waals surface area contributed by atoms with Crippen LogP contribution < -0.4 is 20.7 Å². The highest BCUT2D eigenvalue weighted by molar-refractivity contribution is 6.02. The molecule has 1 aromatic heterocycles. The van der Waals surface area contributed by atoms with Gasteiger partial charge in [-0.05, 0) is 36.6 Å². The molecule has 194 valence electrons. The molecule has 5 N–H and O–H groups in total. The van der Waals surface area contributed by atoms with Gasteiger partial charge < -0.3 is 30.8 Å². The van der Waals surface area contributed by atoms with Crippen molar-refractivity contribution in [3.05, 3.63) is 65.9 Å². The van der Waals surface area contributed by atoms with E-state index in [4.69, 9.17) is 4.74 Å². The monoisotopic (exact) mass is 506 g/mol. The van der Waals surface area contributed by atoms with E-state index >= 15 is 0 Å². The summed E-state index contributed by atoms with van der Waals surface area (Å²) in [6.45, 7) is -0.272. The van der Waals surface area contributed by atoms with Gasteiger partial charge in [-0.1, -0.05) is 36.4 Å². The number of carbonyl (C=O) groups is 4. The first kappa shape index (κ1) is 25.9. The van der Waals surface area contributed by atoms with Crippen molar-refractivity contribution in [3.63, 3.8) is 0 Å². The minimum absolute atomic E-state index is 0.0742. The van der Waals surface area contributed by atoms with E-state index in [2.05, 4.69) is 20.9 Å². The van der Waals surface area contributed by atoms with Crippen LogP contribution in [0.3, 0.4) is 0 Å². The van der Waals surface area contributed by atoms with Crippen LogP contribution in [0.4, 0.5) is 0 Å². The van der Waals surface area contributed by atoms with E-state index in [1.54, 1.807) is 25.3 Å². The third kappa shape index (κ3) is 6.15. The SMILES string of the molecule is COc1cccc2[nH]c(C(=O)N[C@@H](Cc3ccccc3)C(=O)N[C@@H](C[C@@H]3CCNC3=O)C(=O)CO)cc12. The molecule has 1 fully saturated rings. The molecule has 1 aliphatic rings. The summed E-state index contributed by atoms with van der Waals surface area (Å²) in [4.78, 5) is 54.1. The van der Waals surface area contributed by atoms with E-state index in [0.29, 0.717) is 24.2 Å². The van der Waals surface area contributed by atoms with E-state index in [-0.39, 0.29) is 24.4 Å². The number of rotatable bonds is 11. The van der Waals surface area contributed by atoms with Gasteiger partial charge in [0.15, 0.2) is 5.78 Å². The minimum Gasteiger partial charge on any atom is -0.496 e. The van der Waals surface area contributed by atoms with Crippen molar-refractivity contribution < 1.29 is 29.0 Å². The summed E-state index contributed by atoms with van der Waals surface area (Å²) in [5.41, 5.74) is 1.76. The van der Waals surface area contributed by atoms with Crippen LogP contribution in [0.5, 0.6) is 5.75 Å². The summed E-state index contributed by atoms with van der Waals surface area (Å²) in [5, 5.41) is 18.3. The maximum Gasteiger partial charge on any atom is 0.268 e. The number of amides is 3. The Morgan fingerprint density at radius 3 is 2.54 bits per heavy atom. The summed E-state index contributed by atoms with van der Waals surface area (Å²) >= 11 is 0. The van der Waals surface area contributed by atoms with Gasteiger partial charge in [-0.2, -0.15) is 0 Å². The molecule has 0 bridgehead atoms. The molecule has 0 spiro atoms. The zero-order valence-corrected chi connectivity index (χ0v) is 20.5. The van der Waals surface area contributed by atoms with Gasteiger partial charge in [0.1, 0.15) is 24.1 Å². The number of nitrogens with one attached hydrogen (secondary N) is 4. The first-order chi connectivity index (χ1) is 17.9. The molecule has 0 radical (unpaired) electrons. The van der Waals surface area contributed by atoms with Gasteiger partial charge in [-0.3, -0.25) is 19.2 Å². The Hall–Kier alpha value is -4.18. The van der Waals surface area contributed by atoms with Crippen molar-refractivity contribution in [1.29, 1.82) is 0 Å². The van der Waals surface area contributed by atoms with E-state index in [1.165, 1.54) is 0 Å². The highest BCUT2D eigenvalue weighted by Gasteiger charge is 2.33. The second kappa shape index (κ2) is 11.7. The van der Waals surface area contributed by atoms with Crippen LogP contribution in [0.25, 0.3) is 10.9 Å². The third-order valence-electron chi connectivity index (χ3n) is 6.54. The number of hydrogen-bond donors (Lipinski definition) is 5. The zero-order valence-electron chi connectivity index (χ0n) is 20.5. The van der Waals surface area contributed by atoms with Crippen LogP contribution >= 0.6 is 0 Å². The van der Waals surface area contributed by atoms with Gasteiger partial charge in [-0.25, -0.2) is 0 Å². The Labute approximate surface area is 213 Å². The van der Waals surface area contributed by atoms with Gasteiger partial charge in [0.25, 0.3) is 5.91 Å². The van der Waals surface area contributed by atoms with Crippen LogP contribution in [0.15, 0.2) is 54.6 Å². The first-order valence-corrected chi connectivity index (χ1v) is 12.1. The summed E-state index contributed by atoms with van der Waals surface area (Å²) in [5.74, 6) is -1.71. The molecule has 2 aromatic carbocycles. The van der Waals surface area contributed by atoms with Crippen molar-refractivity contribution in [2.45, 2.75) is 31.3 Å². The maximum absolute atomic E-state index is 13.4. The van der Waals surface area contributed by atoms with Gasteiger partial charge >= 0.3 is 0 Å². The molecule has 1 saturated heterocycles. The number of ketones is 1. The quantitative estimate of drug-likeness (QED) is 0.263. The molecule has 0 saturated carbocycles. The average molecular weight is 507 g/mol. The highest BCUT2D eigenvalue weighted by atomic mass is 16.5. The fraction of sp³-hybridized carbons (Fsp3) is 0.333. The average Bonchev–Trinajstić information content (AvgIpc) is 3.53. The summed E-state index contributed by atoms with van der Waals surface area (Å²) < 4.78 is 5.36. The van der Waals surface area contributed by atoms with Crippen LogP contribution in [-0.4, -0.2) is 65.9 Å². The second-order valence-electron chi connectivity index (χ2n) is 9.02. The standard InChI is InChI=1S/C27H30N4O6/c1-37-24-9-5-8-19-18(24)14-22(29-19)27(36)31-21(12-16-6-3-2-4-7-16)26(35)30-20(23(33)15-32)13-17-10-11-28-25(17)34/h2-9,14,17,20-21,29,32H,10-13,15H2,1H3,(H,28,34)(H,30,35)(H,31,36)/t17-,20-,21-/m0/s1. The Morgan fingerprint density at radius 2 is 1.86 bits per heavy atom. The Bertz CT molecular complexity index is 1290.